The fourth-order valence-corrected chi connectivity index (χ4v) is 3.45. The second kappa shape index (κ2) is 8.09. The van der Waals surface area contributed by atoms with Crippen LogP contribution in [0.1, 0.15) is 12.5 Å². The molecular weight excluding hydrogens is 362 g/mol. The third-order valence-corrected chi connectivity index (χ3v) is 5.00. The fraction of sp³-hybridized carbons (Fsp3) is 0.200. The van der Waals surface area contributed by atoms with E-state index in [0.717, 1.165) is 38.8 Å². The fourth-order valence-electron chi connectivity index (χ4n) is 2.66. The van der Waals surface area contributed by atoms with Gasteiger partial charge in [0.15, 0.2) is 0 Å². The number of nitrogens with zero attached hydrogens (tertiary/aromatic N) is 3. The summed E-state index contributed by atoms with van der Waals surface area (Å²) in [6.45, 7) is 1.92. The van der Waals surface area contributed by atoms with Crippen molar-refractivity contribution in [2.24, 2.45) is 10.1 Å². The summed E-state index contributed by atoms with van der Waals surface area (Å²) >= 11 is 1.50. The summed E-state index contributed by atoms with van der Waals surface area (Å²) < 4.78 is 12.7. The molecule has 0 spiro atoms. The number of phenolic OH excluding ortho intramolecular Hbond substituents is 1. The zero-order valence-electron chi connectivity index (χ0n) is 15.6. The highest BCUT2D eigenvalue weighted by molar-refractivity contribution is 7.07. The number of rotatable bonds is 5. The van der Waals surface area contributed by atoms with Gasteiger partial charge >= 0.3 is 0 Å². The molecule has 0 saturated heterocycles. The Morgan fingerprint density at radius 3 is 2.44 bits per heavy atom. The summed E-state index contributed by atoms with van der Waals surface area (Å²) in [4.78, 5) is 5.10. The Hall–Kier alpha value is -3.06. The zero-order valence-corrected chi connectivity index (χ0v) is 16.4. The van der Waals surface area contributed by atoms with Gasteiger partial charge in [-0.15, -0.1) is 11.3 Å². The lowest BCUT2D eigenvalue weighted by Crippen LogP contribution is -2.14. The normalized spacial score (nSPS) is 12.3. The van der Waals surface area contributed by atoms with Gasteiger partial charge in [-0.2, -0.15) is 5.10 Å². The first kappa shape index (κ1) is 18.7. The van der Waals surface area contributed by atoms with Crippen molar-refractivity contribution in [3.63, 3.8) is 0 Å². The average Bonchev–Trinajstić information content (AvgIpc) is 3.10. The van der Waals surface area contributed by atoms with Gasteiger partial charge in [-0.05, 0) is 55.0 Å². The maximum atomic E-state index is 9.49. The van der Waals surface area contributed by atoms with Crippen molar-refractivity contribution in [2.75, 3.05) is 21.3 Å². The molecule has 7 heteroatoms. The number of aromatic nitrogens is 1. The maximum absolute atomic E-state index is 9.49. The lowest BCUT2D eigenvalue weighted by atomic mass is 10.1. The predicted molar refractivity (Wildman–Crippen MR) is 108 cm³/mol. The Morgan fingerprint density at radius 2 is 1.81 bits per heavy atom. The standard InChI is InChI=1S/C20H21N3O3S/c1-13(14-5-7-15(24)8-6-14)22-23-18(12-27-20(23)21-2)17-11-16(25-3)9-10-19(17)26-4/h5-12,24H,1-4H3. The number of benzene rings is 2. The molecule has 0 radical (unpaired) electrons. The smallest absolute Gasteiger partial charge is 0.205 e. The van der Waals surface area contributed by atoms with Crippen LogP contribution in [0.4, 0.5) is 0 Å². The first-order valence-corrected chi connectivity index (χ1v) is 9.16. The molecule has 1 aromatic heterocycles. The molecule has 3 rings (SSSR count). The number of phenols is 1. The zero-order chi connectivity index (χ0) is 19.4. The highest BCUT2D eigenvalue weighted by Gasteiger charge is 2.14. The highest BCUT2D eigenvalue weighted by Crippen LogP contribution is 2.33. The van der Waals surface area contributed by atoms with Gasteiger partial charge in [0.1, 0.15) is 17.2 Å². The second-order valence-electron chi connectivity index (χ2n) is 5.74. The number of thiazole rings is 1. The van der Waals surface area contributed by atoms with E-state index in [0.29, 0.717) is 0 Å². The molecule has 0 bridgehead atoms. The Bertz CT molecular complexity index is 1030. The third-order valence-electron chi connectivity index (χ3n) is 4.09. The summed E-state index contributed by atoms with van der Waals surface area (Å²) in [5.41, 5.74) is 3.43. The summed E-state index contributed by atoms with van der Waals surface area (Å²) in [6, 6.07) is 12.6. The molecular formula is C20H21N3O3S. The Morgan fingerprint density at radius 1 is 1.07 bits per heavy atom. The molecule has 2 aromatic carbocycles. The van der Waals surface area contributed by atoms with E-state index in [1.807, 2.05) is 42.6 Å². The van der Waals surface area contributed by atoms with Gasteiger partial charge < -0.3 is 14.6 Å². The molecule has 0 unspecified atom stereocenters. The van der Waals surface area contributed by atoms with Crippen LogP contribution in [0, 0.1) is 0 Å². The highest BCUT2D eigenvalue weighted by atomic mass is 32.1. The molecule has 1 N–H and O–H groups in total. The van der Waals surface area contributed by atoms with Crippen LogP contribution in [0.25, 0.3) is 11.3 Å². The van der Waals surface area contributed by atoms with Crippen LogP contribution in [0.3, 0.4) is 0 Å². The molecule has 0 aliphatic heterocycles. The first-order chi connectivity index (χ1) is 13.1. The average molecular weight is 383 g/mol. The molecule has 1 heterocycles. The van der Waals surface area contributed by atoms with Gasteiger partial charge in [-0.25, -0.2) is 4.68 Å². The van der Waals surface area contributed by atoms with Crippen molar-refractivity contribution < 1.29 is 14.6 Å². The molecule has 140 valence electrons. The van der Waals surface area contributed by atoms with E-state index in [2.05, 4.69) is 4.99 Å². The van der Waals surface area contributed by atoms with Crippen molar-refractivity contribution in [2.45, 2.75) is 6.92 Å². The third kappa shape index (κ3) is 3.88. The minimum atomic E-state index is 0.223. The summed E-state index contributed by atoms with van der Waals surface area (Å²) in [5.74, 6) is 1.68. The minimum Gasteiger partial charge on any atom is -0.508 e. The monoisotopic (exact) mass is 383 g/mol. The van der Waals surface area contributed by atoms with Gasteiger partial charge in [0.25, 0.3) is 0 Å². The lowest BCUT2D eigenvalue weighted by Gasteiger charge is -2.11. The summed E-state index contributed by atoms with van der Waals surface area (Å²) in [5, 5.41) is 16.3. The molecule has 0 atom stereocenters. The van der Waals surface area contributed by atoms with Gasteiger partial charge in [-0.3, -0.25) is 4.99 Å². The molecule has 0 aliphatic carbocycles. The van der Waals surface area contributed by atoms with E-state index < -0.39 is 0 Å². The number of ether oxygens (including phenoxy) is 2. The predicted octanol–water partition coefficient (Wildman–Crippen LogP) is 3.74. The molecule has 3 aromatic rings. The minimum absolute atomic E-state index is 0.223. The van der Waals surface area contributed by atoms with Crippen molar-refractivity contribution >= 4 is 17.0 Å². The van der Waals surface area contributed by atoms with E-state index in [9.17, 15) is 5.11 Å². The van der Waals surface area contributed by atoms with Crippen LogP contribution < -0.4 is 14.3 Å². The Balaban J connectivity index is 2.17. The lowest BCUT2D eigenvalue weighted by molar-refractivity contribution is 0.404. The molecule has 27 heavy (non-hydrogen) atoms. The van der Waals surface area contributed by atoms with Gasteiger partial charge in [0, 0.05) is 18.0 Å². The largest absolute Gasteiger partial charge is 0.508 e. The number of hydrogen-bond donors (Lipinski definition) is 1. The first-order valence-electron chi connectivity index (χ1n) is 8.28. The van der Waals surface area contributed by atoms with E-state index in [1.165, 1.54) is 11.3 Å². The second-order valence-corrected chi connectivity index (χ2v) is 6.57. The Kier molecular flexibility index (Phi) is 5.61. The van der Waals surface area contributed by atoms with Crippen molar-refractivity contribution in [3.8, 4) is 28.5 Å². The quantitative estimate of drug-likeness (QED) is 0.683. The van der Waals surface area contributed by atoms with Crippen molar-refractivity contribution in [1.29, 1.82) is 0 Å². The summed E-state index contributed by atoms with van der Waals surface area (Å²) in [7, 11) is 5.01. The summed E-state index contributed by atoms with van der Waals surface area (Å²) in [6.07, 6.45) is 0. The van der Waals surface area contributed by atoms with Gasteiger partial charge in [0.2, 0.25) is 4.80 Å². The van der Waals surface area contributed by atoms with Crippen LogP contribution in [0.15, 0.2) is 57.9 Å². The Labute approximate surface area is 161 Å². The SMILES string of the molecule is CN=c1scc(-c2cc(OC)ccc2OC)n1N=C(C)c1ccc(O)cc1. The van der Waals surface area contributed by atoms with E-state index >= 15 is 0 Å². The molecule has 0 fully saturated rings. The van der Waals surface area contributed by atoms with E-state index in [4.69, 9.17) is 14.6 Å². The van der Waals surface area contributed by atoms with Crippen molar-refractivity contribution in [3.05, 3.63) is 58.2 Å². The van der Waals surface area contributed by atoms with E-state index in [-0.39, 0.29) is 5.75 Å². The van der Waals surface area contributed by atoms with Gasteiger partial charge in [-0.1, -0.05) is 0 Å². The number of aromatic hydroxyl groups is 1. The van der Waals surface area contributed by atoms with Crippen molar-refractivity contribution in [1.82, 2.24) is 4.68 Å². The van der Waals surface area contributed by atoms with Gasteiger partial charge in [0.05, 0.1) is 25.6 Å². The topological polar surface area (TPSA) is 68.3 Å². The molecule has 0 amide bonds. The van der Waals surface area contributed by atoms with Crippen LogP contribution in [0.2, 0.25) is 0 Å². The van der Waals surface area contributed by atoms with Crippen LogP contribution in [-0.2, 0) is 0 Å². The van der Waals surface area contributed by atoms with Crippen LogP contribution in [0.5, 0.6) is 17.2 Å². The molecule has 0 saturated carbocycles. The maximum Gasteiger partial charge on any atom is 0.205 e. The van der Waals surface area contributed by atoms with Crippen LogP contribution >= 0.6 is 11.3 Å². The molecule has 6 nitrogen and oxygen atoms in total. The van der Waals surface area contributed by atoms with E-state index in [1.54, 1.807) is 38.1 Å². The number of hydrogen-bond acceptors (Lipinski definition) is 6. The van der Waals surface area contributed by atoms with Crippen LogP contribution in [-0.4, -0.2) is 36.8 Å². The molecule has 0 aliphatic rings. The number of methoxy groups -OCH3 is 2.